The number of rotatable bonds is 1. The lowest BCUT2D eigenvalue weighted by molar-refractivity contribution is 0.439. The summed E-state index contributed by atoms with van der Waals surface area (Å²) >= 11 is 5.10. The van der Waals surface area contributed by atoms with Crippen LogP contribution >= 0.6 is 27.3 Å². The predicted octanol–water partition coefficient (Wildman–Crippen LogP) is 3.06. The molecule has 0 atom stereocenters. The van der Waals surface area contributed by atoms with Gasteiger partial charge < -0.3 is 10.3 Å². The molecule has 5 heteroatoms. The van der Waals surface area contributed by atoms with Crippen molar-refractivity contribution in [3.05, 3.63) is 21.5 Å². The molecular weight excluding hydrogens is 252 g/mol. The summed E-state index contributed by atoms with van der Waals surface area (Å²) in [5, 5.41) is 3.83. The third kappa shape index (κ3) is 1.62. The Morgan fingerprint density at radius 3 is 2.77 bits per heavy atom. The Hall–Kier alpha value is -0.810. The van der Waals surface area contributed by atoms with Crippen LogP contribution in [0.4, 0.5) is 5.88 Å². The first-order valence-corrected chi connectivity index (χ1v) is 5.26. The van der Waals surface area contributed by atoms with Crippen LogP contribution in [0.5, 0.6) is 0 Å². The fourth-order valence-electron chi connectivity index (χ4n) is 0.992. The average Bonchev–Trinajstić information content (AvgIpc) is 2.61. The standard InChI is InChI=1S/C8H7BrN2OS/c1-4-5(9)2-7(13-4)6-3-8(10)12-11-6/h2-3H,10H2,1H3. The zero-order valence-corrected chi connectivity index (χ0v) is 9.28. The Morgan fingerprint density at radius 1 is 1.54 bits per heavy atom. The summed E-state index contributed by atoms with van der Waals surface area (Å²) in [5.41, 5.74) is 6.21. The SMILES string of the molecule is Cc1sc(-c2cc(N)on2)cc1Br. The second-order valence-electron chi connectivity index (χ2n) is 2.63. The van der Waals surface area contributed by atoms with Crippen molar-refractivity contribution in [3.63, 3.8) is 0 Å². The minimum absolute atomic E-state index is 0.345. The smallest absolute Gasteiger partial charge is 0.222 e. The third-order valence-corrected chi connectivity index (χ3v) is 3.80. The van der Waals surface area contributed by atoms with Crippen molar-refractivity contribution in [2.75, 3.05) is 5.73 Å². The summed E-state index contributed by atoms with van der Waals surface area (Å²) < 4.78 is 5.88. The molecule has 0 saturated heterocycles. The van der Waals surface area contributed by atoms with Gasteiger partial charge in [-0.2, -0.15) is 0 Å². The first-order chi connectivity index (χ1) is 6.16. The Labute approximate surface area is 87.7 Å². The molecule has 0 spiro atoms. The van der Waals surface area contributed by atoms with E-state index in [-0.39, 0.29) is 0 Å². The monoisotopic (exact) mass is 258 g/mol. The predicted molar refractivity (Wildman–Crippen MR) is 56.7 cm³/mol. The molecule has 2 heterocycles. The van der Waals surface area contributed by atoms with Crippen LogP contribution in [-0.2, 0) is 0 Å². The molecule has 2 rings (SSSR count). The zero-order chi connectivity index (χ0) is 9.42. The number of nitrogen functional groups attached to an aromatic ring is 1. The number of anilines is 1. The van der Waals surface area contributed by atoms with Crippen molar-refractivity contribution < 1.29 is 4.52 Å². The molecule has 0 fully saturated rings. The number of nitrogens with two attached hydrogens (primary N) is 1. The number of aryl methyl sites for hydroxylation is 1. The summed E-state index contributed by atoms with van der Waals surface area (Å²) in [6.45, 7) is 2.04. The number of hydrogen-bond donors (Lipinski definition) is 1. The van der Waals surface area contributed by atoms with Gasteiger partial charge in [-0.25, -0.2) is 0 Å². The van der Waals surface area contributed by atoms with Crippen LogP contribution in [0.3, 0.4) is 0 Å². The minimum Gasteiger partial charge on any atom is -0.368 e. The Bertz CT molecular complexity index is 416. The van der Waals surface area contributed by atoms with E-state index in [9.17, 15) is 0 Å². The van der Waals surface area contributed by atoms with Crippen molar-refractivity contribution >= 4 is 33.2 Å². The highest BCUT2D eigenvalue weighted by Crippen LogP contribution is 2.33. The van der Waals surface area contributed by atoms with Crippen LogP contribution < -0.4 is 5.73 Å². The molecular formula is C8H7BrN2OS. The number of nitrogens with zero attached hydrogens (tertiary/aromatic N) is 1. The molecule has 0 bridgehead atoms. The maximum Gasteiger partial charge on any atom is 0.222 e. The van der Waals surface area contributed by atoms with E-state index in [2.05, 4.69) is 21.1 Å². The van der Waals surface area contributed by atoms with Gasteiger partial charge in [0.2, 0.25) is 5.88 Å². The van der Waals surface area contributed by atoms with Crippen LogP contribution in [0.1, 0.15) is 4.88 Å². The molecule has 3 nitrogen and oxygen atoms in total. The van der Waals surface area contributed by atoms with E-state index in [0.717, 1.165) is 15.0 Å². The van der Waals surface area contributed by atoms with Gasteiger partial charge in [0.15, 0.2) is 0 Å². The highest BCUT2D eigenvalue weighted by molar-refractivity contribution is 9.10. The van der Waals surface area contributed by atoms with Gasteiger partial charge in [-0.1, -0.05) is 5.16 Å². The lowest BCUT2D eigenvalue weighted by Crippen LogP contribution is -1.75. The lowest BCUT2D eigenvalue weighted by atomic mass is 10.3. The normalized spacial score (nSPS) is 10.6. The molecule has 2 aromatic rings. The van der Waals surface area contributed by atoms with E-state index in [0.29, 0.717) is 5.88 Å². The van der Waals surface area contributed by atoms with Crippen molar-refractivity contribution in [3.8, 4) is 10.6 Å². The van der Waals surface area contributed by atoms with E-state index >= 15 is 0 Å². The van der Waals surface area contributed by atoms with Crippen LogP contribution in [0.15, 0.2) is 21.1 Å². The average molecular weight is 259 g/mol. The molecule has 0 aliphatic carbocycles. The van der Waals surface area contributed by atoms with E-state index in [1.54, 1.807) is 17.4 Å². The fourth-order valence-corrected chi connectivity index (χ4v) is 2.48. The maximum atomic E-state index is 5.42. The van der Waals surface area contributed by atoms with Crippen molar-refractivity contribution in [2.24, 2.45) is 0 Å². The molecule has 0 unspecified atom stereocenters. The Kier molecular flexibility index (Phi) is 2.13. The zero-order valence-electron chi connectivity index (χ0n) is 6.87. The van der Waals surface area contributed by atoms with Gasteiger partial charge in [0.05, 0.1) is 4.88 Å². The second-order valence-corrected chi connectivity index (χ2v) is 4.74. The first kappa shape index (κ1) is 8.77. The molecule has 68 valence electrons. The fraction of sp³-hybridized carbons (Fsp3) is 0.125. The Morgan fingerprint density at radius 2 is 2.31 bits per heavy atom. The lowest BCUT2D eigenvalue weighted by Gasteiger charge is -1.82. The van der Waals surface area contributed by atoms with Crippen molar-refractivity contribution in [1.82, 2.24) is 5.16 Å². The van der Waals surface area contributed by atoms with E-state index < -0.39 is 0 Å². The van der Waals surface area contributed by atoms with Crippen LogP contribution in [0, 0.1) is 6.92 Å². The third-order valence-electron chi connectivity index (χ3n) is 1.64. The summed E-state index contributed by atoms with van der Waals surface area (Å²) in [6.07, 6.45) is 0. The van der Waals surface area contributed by atoms with Gasteiger partial charge in [0.1, 0.15) is 5.69 Å². The van der Waals surface area contributed by atoms with Gasteiger partial charge in [-0.15, -0.1) is 11.3 Å². The first-order valence-electron chi connectivity index (χ1n) is 3.65. The molecule has 0 aromatic carbocycles. The largest absolute Gasteiger partial charge is 0.368 e. The van der Waals surface area contributed by atoms with Gasteiger partial charge >= 0.3 is 0 Å². The van der Waals surface area contributed by atoms with Crippen LogP contribution in [-0.4, -0.2) is 5.16 Å². The summed E-state index contributed by atoms with van der Waals surface area (Å²) in [7, 11) is 0. The van der Waals surface area contributed by atoms with E-state index in [4.69, 9.17) is 10.3 Å². The summed E-state index contributed by atoms with van der Waals surface area (Å²) in [5.74, 6) is 0.345. The van der Waals surface area contributed by atoms with Crippen molar-refractivity contribution in [1.29, 1.82) is 0 Å². The van der Waals surface area contributed by atoms with E-state index in [1.807, 2.05) is 13.0 Å². The highest BCUT2D eigenvalue weighted by Gasteiger charge is 2.08. The van der Waals surface area contributed by atoms with Gasteiger partial charge in [-0.3, -0.25) is 0 Å². The quantitative estimate of drug-likeness (QED) is 0.856. The van der Waals surface area contributed by atoms with Crippen LogP contribution in [0.2, 0.25) is 0 Å². The maximum absolute atomic E-state index is 5.42. The summed E-state index contributed by atoms with van der Waals surface area (Å²) in [4.78, 5) is 2.28. The number of aromatic nitrogens is 1. The highest BCUT2D eigenvalue weighted by atomic mass is 79.9. The number of thiophene rings is 1. The molecule has 0 amide bonds. The van der Waals surface area contributed by atoms with Gasteiger partial charge in [-0.05, 0) is 28.9 Å². The molecule has 2 N–H and O–H groups in total. The molecule has 0 saturated carbocycles. The molecule has 0 aliphatic heterocycles. The van der Waals surface area contributed by atoms with Crippen molar-refractivity contribution in [2.45, 2.75) is 6.92 Å². The second kappa shape index (κ2) is 3.16. The number of hydrogen-bond acceptors (Lipinski definition) is 4. The minimum atomic E-state index is 0.345. The van der Waals surface area contributed by atoms with Gasteiger partial charge in [0, 0.05) is 15.4 Å². The molecule has 2 aromatic heterocycles. The topological polar surface area (TPSA) is 52.0 Å². The Balaban J connectivity index is 2.46. The van der Waals surface area contributed by atoms with Gasteiger partial charge in [0.25, 0.3) is 0 Å². The molecule has 0 radical (unpaired) electrons. The van der Waals surface area contributed by atoms with Crippen LogP contribution in [0.25, 0.3) is 10.6 Å². The number of halogens is 1. The van der Waals surface area contributed by atoms with E-state index in [1.165, 1.54) is 4.88 Å². The summed E-state index contributed by atoms with van der Waals surface area (Å²) in [6, 6.07) is 3.73. The molecule has 13 heavy (non-hydrogen) atoms. The molecule has 0 aliphatic rings.